The zero-order chi connectivity index (χ0) is 36.1. The number of amides is 1. The molecule has 0 aromatic heterocycles. The third-order valence-corrected chi connectivity index (χ3v) is 10.2. The van der Waals surface area contributed by atoms with Crippen LogP contribution < -0.4 is 13.8 Å². The highest BCUT2D eigenvalue weighted by atomic mass is 32.2. The number of phosphoric ester groups is 1. The number of para-hydroxylation sites is 1. The highest BCUT2D eigenvalue weighted by Gasteiger charge is 2.56. The number of nitrogens with zero attached hydrogens (tertiary/aromatic N) is 3. The summed E-state index contributed by atoms with van der Waals surface area (Å²) in [4.78, 5) is 43.7. The number of nitro benzene ring substituents is 1. The van der Waals surface area contributed by atoms with E-state index in [2.05, 4.69) is 4.99 Å². The van der Waals surface area contributed by atoms with E-state index < -0.39 is 36.0 Å². The first-order chi connectivity index (χ1) is 24.5. The summed E-state index contributed by atoms with van der Waals surface area (Å²) in [6, 6.07) is 27.2. The van der Waals surface area contributed by atoms with Gasteiger partial charge >= 0.3 is 13.8 Å². The largest absolute Gasteiger partial charge is 0.646 e. The van der Waals surface area contributed by atoms with E-state index in [0.29, 0.717) is 16.4 Å². The van der Waals surface area contributed by atoms with Gasteiger partial charge in [-0.05, 0) is 74.9 Å². The number of carbonyl (C=O) groups excluding carboxylic acids is 2. The molecule has 2 aliphatic rings. The van der Waals surface area contributed by atoms with Crippen LogP contribution in [0.4, 0.5) is 5.69 Å². The second-order valence-electron chi connectivity index (χ2n) is 11.5. The van der Waals surface area contributed by atoms with E-state index in [4.69, 9.17) is 23.0 Å². The molecule has 0 N–H and O–H groups in total. The van der Waals surface area contributed by atoms with Gasteiger partial charge in [0.25, 0.3) is 11.6 Å². The zero-order valence-electron chi connectivity index (χ0n) is 27.7. The van der Waals surface area contributed by atoms with Crippen molar-refractivity contribution >= 4 is 42.2 Å². The molecule has 0 aliphatic carbocycles. The molecule has 1 amide bonds. The Labute approximate surface area is 297 Å². The van der Waals surface area contributed by atoms with E-state index in [1.165, 1.54) is 47.9 Å². The maximum absolute atomic E-state index is 14.4. The number of rotatable bonds is 14. The smallest absolute Gasteiger partial charge is 0.487 e. The first-order valence-corrected chi connectivity index (χ1v) is 18.0. The van der Waals surface area contributed by atoms with Crippen molar-refractivity contribution in [3.05, 3.63) is 141 Å². The lowest BCUT2D eigenvalue weighted by Crippen LogP contribution is -2.61. The summed E-state index contributed by atoms with van der Waals surface area (Å²) < 4.78 is 43.3. The van der Waals surface area contributed by atoms with E-state index in [1.54, 1.807) is 60.7 Å². The molecule has 0 bridgehead atoms. The van der Waals surface area contributed by atoms with Crippen LogP contribution in [-0.4, -0.2) is 44.8 Å². The normalized spacial score (nSPS) is 17.0. The molecule has 262 valence electrons. The molecule has 2 heterocycles. The van der Waals surface area contributed by atoms with Crippen molar-refractivity contribution in [3.63, 3.8) is 0 Å². The average Bonchev–Trinajstić information content (AvgIpc) is 3.50. The minimum absolute atomic E-state index is 0.103. The molecule has 1 fully saturated rings. The predicted molar refractivity (Wildman–Crippen MR) is 189 cm³/mol. The number of aryl methyl sites for hydroxylation is 2. The van der Waals surface area contributed by atoms with Gasteiger partial charge in [-0.2, -0.15) is 4.57 Å². The summed E-state index contributed by atoms with van der Waals surface area (Å²) in [5, 5.41) is 11.0. The highest BCUT2D eigenvalue weighted by Crippen LogP contribution is 2.53. The van der Waals surface area contributed by atoms with Crippen LogP contribution in [0, 0.1) is 24.0 Å². The Bertz CT molecular complexity index is 1990. The molecule has 4 aromatic rings. The summed E-state index contributed by atoms with van der Waals surface area (Å²) in [6.45, 7) is 4.93. The summed E-state index contributed by atoms with van der Waals surface area (Å²) in [6.07, 6.45) is 0. The van der Waals surface area contributed by atoms with E-state index in [0.717, 1.165) is 11.1 Å². The van der Waals surface area contributed by atoms with Gasteiger partial charge in [0, 0.05) is 12.1 Å². The Morgan fingerprint density at radius 1 is 0.863 bits per heavy atom. The monoisotopic (exact) mass is 729 g/mol. The molecule has 2 aliphatic heterocycles. The van der Waals surface area contributed by atoms with E-state index in [-0.39, 0.29) is 41.9 Å². The number of hydrogen-bond acceptors (Lipinski definition) is 12. The number of fused-ring (bicyclic) bond motifs is 1. The summed E-state index contributed by atoms with van der Waals surface area (Å²) >= 11 is 1.24. The number of allylic oxidation sites excluding steroid dienone is 1. The van der Waals surface area contributed by atoms with Crippen molar-refractivity contribution in [3.8, 4) is 17.2 Å². The van der Waals surface area contributed by atoms with Gasteiger partial charge in [-0.25, -0.2) is 4.79 Å². The van der Waals surface area contributed by atoms with Crippen LogP contribution in [0.2, 0.25) is 0 Å². The Morgan fingerprint density at radius 2 is 1.45 bits per heavy atom. The van der Waals surface area contributed by atoms with Crippen molar-refractivity contribution in [1.82, 2.24) is 4.90 Å². The second-order valence-corrected chi connectivity index (χ2v) is 14.2. The molecule has 4 aromatic carbocycles. The molecule has 0 saturated carbocycles. The predicted octanol–water partition coefficient (Wildman–Crippen LogP) is 7.53. The van der Waals surface area contributed by atoms with Gasteiger partial charge < -0.3 is 23.0 Å². The Kier molecular flexibility index (Phi) is 10.4. The average molecular weight is 730 g/mol. The van der Waals surface area contributed by atoms with Gasteiger partial charge in [0.1, 0.15) is 46.6 Å². The molecule has 13 nitrogen and oxygen atoms in total. The fourth-order valence-corrected chi connectivity index (χ4v) is 7.54. The van der Waals surface area contributed by atoms with Crippen LogP contribution in [0.1, 0.15) is 23.6 Å². The Balaban J connectivity index is 1.29. The van der Waals surface area contributed by atoms with Crippen molar-refractivity contribution < 1.29 is 42.1 Å². The van der Waals surface area contributed by atoms with Gasteiger partial charge in [0.05, 0.1) is 4.92 Å². The zero-order valence-corrected chi connectivity index (χ0v) is 29.4. The first kappa shape index (κ1) is 35.2. The quantitative estimate of drug-likeness (QED) is 0.0240. The Morgan fingerprint density at radius 3 is 2.02 bits per heavy atom. The number of β-lactam (4-membered cyclic amide) rings is 1. The number of benzene rings is 4. The number of likely N-dealkylation sites (tertiary alicyclic amines) is 1. The van der Waals surface area contributed by atoms with Crippen molar-refractivity contribution in [1.29, 1.82) is 0 Å². The van der Waals surface area contributed by atoms with E-state index in [9.17, 15) is 24.3 Å². The lowest BCUT2D eigenvalue weighted by molar-refractivity contribution is -0.384. The second kappa shape index (κ2) is 15.1. The highest BCUT2D eigenvalue weighted by molar-refractivity contribution is 8.15. The maximum Gasteiger partial charge on any atom is 0.646 e. The van der Waals surface area contributed by atoms with E-state index >= 15 is 0 Å². The SMILES string of the molecule is CC(OP(=O)(Oc1ccc(C)cc1)Oc1ccc(C)cc1)=C(C(=O)OCc1ccc([N+](=O)[O-])cc1)N1C(=O)C2N=C(COc3ccccc3)SC21. The van der Waals surface area contributed by atoms with Crippen LogP contribution >= 0.6 is 19.6 Å². The molecule has 6 rings (SSSR count). The number of esters is 1. The number of aliphatic imine (C=N–C) groups is 1. The molecular formula is C36H32N3O10PS. The first-order valence-electron chi connectivity index (χ1n) is 15.7. The standard InChI is InChI=1S/C36H32N3O10PS/c1-23-9-17-29(18-10-23)48-50(44,49-30-19-11-24(2)12-20-30)47-25(3)33(36(41)46-21-26-13-15-27(16-14-26)39(42)43)38-34(40)32-35(38)51-31(37-32)22-45-28-7-5-4-6-8-28/h4-20,32,35H,21-22H2,1-3H3. The van der Waals surface area contributed by atoms with Gasteiger partial charge in [0.2, 0.25) is 0 Å². The van der Waals surface area contributed by atoms with Crippen LogP contribution in [0.5, 0.6) is 17.2 Å². The van der Waals surface area contributed by atoms with Crippen LogP contribution in [0.15, 0.2) is 120 Å². The fraction of sp³-hybridized carbons (Fsp3) is 0.194. The summed E-state index contributed by atoms with van der Waals surface area (Å²) in [5.74, 6) is -0.790. The summed E-state index contributed by atoms with van der Waals surface area (Å²) in [7, 11) is -4.59. The number of phosphoric acid groups is 1. The van der Waals surface area contributed by atoms with Gasteiger partial charge in [-0.1, -0.05) is 65.4 Å². The van der Waals surface area contributed by atoms with Crippen LogP contribution in [-0.2, 0) is 30.0 Å². The lowest BCUT2D eigenvalue weighted by Gasteiger charge is -2.41. The number of nitro groups is 1. The van der Waals surface area contributed by atoms with Crippen LogP contribution in [0.3, 0.4) is 0 Å². The van der Waals surface area contributed by atoms with Crippen molar-refractivity contribution in [2.45, 2.75) is 38.8 Å². The topological polar surface area (TPSA) is 156 Å². The minimum Gasteiger partial charge on any atom is -0.487 e. The van der Waals surface area contributed by atoms with Gasteiger partial charge in [0.15, 0.2) is 11.7 Å². The third kappa shape index (κ3) is 8.42. The fourth-order valence-electron chi connectivity index (χ4n) is 5.05. The molecule has 2 unspecified atom stereocenters. The Hall–Kier alpha value is -5.59. The molecule has 0 radical (unpaired) electrons. The van der Waals surface area contributed by atoms with Gasteiger partial charge in [-0.15, -0.1) is 0 Å². The number of thioether (sulfide) groups is 1. The third-order valence-electron chi connectivity index (χ3n) is 7.67. The van der Waals surface area contributed by atoms with E-state index in [1.807, 2.05) is 32.0 Å². The number of hydrogen-bond donors (Lipinski definition) is 0. The minimum atomic E-state index is -4.59. The van der Waals surface area contributed by atoms with Gasteiger partial charge in [-0.3, -0.25) is 24.8 Å². The molecular weight excluding hydrogens is 697 g/mol. The van der Waals surface area contributed by atoms with Crippen molar-refractivity contribution in [2.75, 3.05) is 6.61 Å². The molecule has 51 heavy (non-hydrogen) atoms. The molecule has 0 spiro atoms. The number of ether oxygens (including phenoxy) is 2. The molecule has 1 saturated heterocycles. The lowest BCUT2D eigenvalue weighted by atomic mass is 10.1. The molecule has 2 atom stereocenters. The summed E-state index contributed by atoms with van der Waals surface area (Å²) in [5.41, 5.74) is 1.85. The maximum atomic E-state index is 14.4. The molecule has 15 heteroatoms. The number of non-ortho nitro benzene ring substituents is 1. The number of carbonyl (C=O) groups is 2. The van der Waals surface area contributed by atoms with Crippen LogP contribution in [0.25, 0.3) is 0 Å². The van der Waals surface area contributed by atoms with Crippen molar-refractivity contribution in [2.24, 2.45) is 4.99 Å².